The molecule has 1 rings (SSSR count). The van der Waals surface area contributed by atoms with E-state index in [0.29, 0.717) is 18.8 Å². The monoisotopic (exact) mass is 176 g/mol. The van der Waals surface area contributed by atoms with Gasteiger partial charge in [0, 0.05) is 0 Å². The van der Waals surface area contributed by atoms with Gasteiger partial charge in [0.15, 0.2) is 0 Å². The summed E-state index contributed by atoms with van der Waals surface area (Å²) >= 11 is 0. The van der Waals surface area contributed by atoms with E-state index in [1.807, 2.05) is 0 Å². The van der Waals surface area contributed by atoms with Crippen molar-refractivity contribution >= 4 is 0 Å². The molecule has 0 saturated heterocycles. The zero-order valence-corrected chi connectivity index (χ0v) is 8.11. The van der Waals surface area contributed by atoms with Gasteiger partial charge in [0.25, 0.3) is 0 Å². The Bertz CT molecular complexity index is 148. The van der Waals surface area contributed by atoms with E-state index in [4.69, 9.17) is 0 Å². The summed E-state index contributed by atoms with van der Waals surface area (Å²) in [6.07, 6.45) is -0.773. The summed E-state index contributed by atoms with van der Waals surface area (Å²) in [6.45, 7) is 6.30. The summed E-state index contributed by atoms with van der Waals surface area (Å²) in [5.41, 5.74) is 0.129. The lowest BCUT2D eigenvalue weighted by Gasteiger charge is -2.36. The number of rotatable bonds is 0. The maximum absolute atomic E-state index is 13.0. The highest BCUT2D eigenvalue weighted by Gasteiger charge is 2.35. The minimum Gasteiger partial charge on any atom is -0.244 e. The smallest absolute Gasteiger partial charge is 0.131 e. The van der Waals surface area contributed by atoms with Gasteiger partial charge in [0.05, 0.1) is 0 Å². The second-order valence-electron chi connectivity index (χ2n) is 4.91. The molecule has 0 spiro atoms. The molecule has 3 unspecified atom stereocenters. The summed E-state index contributed by atoms with van der Waals surface area (Å²) < 4.78 is 25.7. The third kappa shape index (κ3) is 2.18. The topological polar surface area (TPSA) is 0 Å². The Labute approximate surface area is 73.3 Å². The van der Waals surface area contributed by atoms with Crippen LogP contribution >= 0.6 is 0 Å². The molecule has 3 atom stereocenters. The number of alkyl halides is 2. The van der Waals surface area contributed by atoms with Crippen molar-refractivity contribution in [3.05, 3.63) is 0 Å². The van der Waals surface area contributed by atoms with Gasteiger partial charge in [-0.1, -0.05) is 20.8 Å². The minimum absolute atomic E-state index is 0.129. The first kappa shape index (κ1) is 9.94. The zero-order chi connectivity index (χ0) is 9.35. The summed E-state index contributed by atoms with van der Waals surface area (Å²) in [6, 6.07) is 0. The van der Waals surface area contributed by atoms with Crippen LogP contribution in [0.2, 0.25) is 0 Å². The Kier molecular flexibility index (Phi) is 2.74. The fraction of sp³-hybridized carbons (Fsp3) is 1.00. The summed E-state index contributed by atoms with van der Waals surface area (Å²) in [4.78, 5) is 0. The molecule has 1 saturated carbocycles. The molecule has 0 amide bonds. The molecule has 1 aliphatic rings. The van der Waals surface area contributed by atoms with Crippen LogP contribution < -0.4 is 0 Å². The van der Waals surface area contributed by atoms with Gasteiger partial charge in [-0.2, -0.15) is 0 Å². The van der Waals surface area contributed by atoms with Crippen LogP contribution in [0, 0.1) is 11.3 Å². The quantitative estimate of drug-likeness (QED) is 0.530. The Morgan fingerprint density at radius 1 is 1.00 bits per heavy atom. The van der Waals surface area contributed by atoms with Gasteiger partial charge in [-0.15, -0.1) is 0 Å². The Hall–Kier alpha value is -0.140. The molecule has 2 heteroatoms. The van der Waals surface area contributed by atoms with Crippen LogP contribution in [-0.4, -0.2) is 12.3 Å². The summed E-state index contributed by atoms with van der Waals surface area (Å²) in [5.74, 6) is 0.347. The van der Waals surface area contributed by atoms with Crippen LogP contribution in [-0.2, 0) is 0 Å². The molecular weight excluding hydrogens is 158 g/mol. The van der Waals surface area contributed by atoms with Gasteiger partial charge in [-0.3, -0.25) is 0 Å². The molecule has 72 valence electrons. The predicted octanol–water partition coefficient (Wildman–Crippen LogP) is 3.51. The average molecular weight is 176 g/mol. The summed E-state index contributed by atoms with van der Waals surface area (Å²) in [7, 11) is 0. The SMILES string of the molecule is CC(C)(C)C1CCC(F)C(F)C1. The maximum Gasteiger partial charge on any atom is 0.131 e. The highest BCUT2D eigenvalue weighted by molar-refractivity contribution is 4.85. The van der Waals surface area contributed by atoms with Crippen LogP contribution in [0.4, 0.5) is 8.78 Å². The van der Waals surface area contributed by atoms with E-state index in [9.17, 15) is 8.78 Å². The predicted molar refractivity (Wildman–Crippen MR) is 46.6 cm³/mol. The fourth-order valence-corrected chi connectivity index (χ4v) is 1.87. The van der Waals surface area contributed by atoms with E-state index in [0.717, 1.165) is 6.42 Å². The Morgan fingerprint density at radius 3 is 2.00 bits per heavy atom. The standard InChI is InChI=1S/C10H18F2/c1-10(2,3)7-4-5-8(11)9(12)6-7/h7-9H,4-6H2,1-3H3. The van der Waals surface area contributed by atoms with Crippen molar-refractivity contribution in [2.45, 2.75) is 52.4 Å². The average Bonchev–Trinajstić information content (AvgIpc) is 1.92. The van der Waals surface area contributed by atoms with Gasteiger partial charge in [0.2, 0.25) is 0 Å². The van der Waals surface area contributed by atoms with Gasteiger partial charge in [-0.05, 0) is 30.6 Å². The molecule has 0 aliphatic heterocycles. The van der Waals surface area contributed by atoms with E-state index in [1.54, 1.807) is 0 Å². The molecule has 0 radical (unpaired) electrons. The van der Waals surface area contributed by atoms with Crippen molar-refractivity contribution in [2.24, 2.45) is 11.3 Å². The third-order valence-electron chi connectivity index (χ3n) is 2.92. The molecule has 0 aromatic rings. The van der Waals surface area contributed by atoms with Crippen molar-refractivity contribution in [3.63, 3.8) is 0 Å². The number of halogens is 2. The fourth-order valence-electron chi connectivity index (χ4n) is 1.87. The maximum atomic E-state index is 13.0. The van der Waals surface area contributed by atoms with E-state index in [2.05, 4.69) is 20.8 Å². The lowest BCUT2D eigenvalue weighted by molar-refractivity contribution is 0.0487. The van der Waals surface area contributed by atoms with Gasteiger partial charge in [-0.25, -0.2) is 8.78 Å². The van der Waals surface area contributed by atoms with Gasteiger partial charge < -0.3 is 0 Å². The molecule has 0 aromatic heterocycles. The molecule has 0 heterocycles. The van der Waals surface area contributed by atoms with Crippen molar-refractivity contribution in [1.29, 1.82) is 0 Å². The first-order valence-electron chi connectivity index (χ1n) is 4.69. The van der Waals surface area contributed by atoms with Crippen molar-refractivity contribution in [3.8, 4) is 0 Å². The lowest BCUT2D eigenvalue weighted by Crippen LogP contribution is -2.33. The molecule has 0 bridgehead atoms. The van der Waals surface area contributed by atoms with Crippen molar-refractivity contribution < 1.29 is 8.78 Å². The molecule has 0 N–H and O–H groups in total. The highest BCUT2D eigenvalue weighted by atomic mass is 19.2. The zero-order valence-electron chi connectivity index (χ0n) is 8.11. The molecule has 0 nitrogen and oxygen atoms in total. The molecule has 1 fully saturated rings. The Balaban J connectivity index is 2.51. The normalized spacial score (nSPS) is 38.2. The van der Waals surface area contributed by atoms with Crippen LogP contribution in [0.1, 0.15) is 40.0 Å². The van der Waals surface area contributed by atoms with Crippen LogP contribution in [0.15, 0.2) is 0 Å². The van der Waals surface area contributed by atoms with Crippen LogP contribution in [0.5, 0.6) is 0 Å². The second kappa shape index (κ2) is 3.31. The molecule has 12 heavy (non-hydrogen) atoms. The van der Waals surface area contributed by atoms with E-state index >= 15 is 0 Å². The third-order valence-corrected chi connectivity index (χ3v) is 2.92. The van der Waals surface area contributed by atoms with E-state index in [1.165, 1.54) is 0 Å². The van der Waals surface area contributed by atoms with Gasteiger partial charge in [0.1, 0.15) is 12.3 Å². The molecule has 0 aromatic carbocycles. The van der Waals surface area contributed by atoms with E-state index in [-0.39, 0.29) is 5.41 Å². The molecular formula is C10H18F2. The number of hydrogen-bond donors (Lipinski definition) is 0. The first-order valence-corrected chi connectivity index (χ1v) is 4.69. The van der Waals surface area contributed by atoms with Crippen molar-refractivity contribution in [2.75, 3.05) is 0 Å². The minimum atomic E-state index is -1.22. The second-order valence-corrected chi connectivity index (χ2v) is 4.91. The van der Waals surface area contributed by atoms with Gasteiger partial charge >= 0.3 is 0 Å². The largest absolute Gasteiger partial charge is 0.244 e. The summed E-state index contributed by atoms with van der Waals surface area (Å²) in [5, 5.41) is 0. The Morgan fingerprint density at radius 2 is 1.58 bits per heavy atom. The first-order chi connectivity index (χ1) is 5.41. The highest BCUT2D eigenvalue weighted by Crippen LogP contribution is 2.39. The van der Waals surface area contributed by atoms with Crippen LogP contribution in [0.3, 0.4) is 0 Å². The molecule has 1 aliphatic carbocycles. The van der Waals surface area contributed by atoms with Crippen molar-refractivity contribution in [1.82, 2.24) is 0 Å². The van der Waals surface area contributed by atoms with E-state index < -0.39 is 12.3 Å². The number of hydrogen-bond acceptors (Lipinski definition) is 0. The lowest BCUT2D eigenvalue weighted by atomic mass is 9.71. The van der Waals surface area contributed by atoms with Crippen LogP contribution in [0.25, 0.3) is 0 Å².